The van der Waals surface area contributed by atoms with Gasteiger partial charge in [-0.2, -0.15) is 0 Å². The molecule has 1 unspecified atom stereocenters. The Morgan fingerprint density at radius 2 is 1.68 bits per heavy atom. The molecule has 1 heterocycles. The Morgan fingerprint density at radius 3 is 2.27 bits per heavy atom. The largest absolute Gasteiger partial charge is 0.458 e. The molecule has 0 N–H and O–H groups in total. The van der Waals surface area contributed by atoms with Crippen LogP contribution >= 0.6 is 0 Å². The van der Waals surface area contributed by atoms with Gasteiger partial charge in [-0.05, 0) is 78.6 Å². The zero-order chi connectivity index (χ0) is 29.6. The second kappa shape index (κ2) is 13.3. The first-order chi connectivity index (χ1) is 19.6. The molecule has 3 aromatic carbocycles. The molecular weight excluding hydrogens is 541 g/mol. The monoisotopic (exact) mass is 577 g/mol. The number of carbonyl (C=O) groups excluding carboxylic acids is 2. The number of anilines is 1. The first kappa shape index (κ1) is 30.2. The van der Waals surface area contributed by atoms with Gasteiger partial charge in [-0.25, -0.2) is 12.8 Å². The van der Waals surface area contributed by atoms with E-state index in [2.05, 4.69) is 6.58 Å². The van der Waals surface area contributed by atoms with E-state index in [4.69, 9.17) is 4.74 Å². The fraction of sp³-hybridized carbons (Fsp3) is 0.333. The van der Waals surface area contributed by atoms with Crippen LogP contribution in [-0.2, 0) is 30.6 Å². The predicted molar refractivity (Wildman–Crippen MR) is 159 cm³/mol. The normalized spacial score (nSPS) is 17.5. The topological polar surface area (TPSA) is 80.8 Å². The van der Waals surface area contributed by atoms with E-state index in [1.807, 2.05) is 48.5 Å². The molecule has 0 aromatic heterocycles. The van der Waals surface area contributed by atoms with E-state index in [0.29, 0.717) is 24.8 Å². The van der Waals surface area contributed by atoms with Gasteiger partial charge < -0.3 is 9.64 Å². The van der Waals surface area contributed by atoms with Crippen LogP contribution in [0.1, 0.15) is 67.0 Å². The second-order valence-electron chi connectivity index (χ2n) is 10.6. The van der Waals surface area contributed by atoms with E-state index in [1.165, 1.54) is 25.3 Å². The summed E-state index contributed by atoms with van der Waals surface area (Å²) >= 11 is 0. The summed E-state index contributed by atoms with van der Waals surface area (Å²) in [7, 11) is -2.96. The highest BCUT2D eigenvalue weighted by atomic mass is 32.2. The molecule has 3 aromatic rings. The number of ether oxygens (including phenoxy) is 1. The zero-order valence-electron chi connectivity index (χ0n) is 23.5. The molecule has 0 spiro atoms. The Balaban J connectivity index is 1.51. The number of nitrogens with zero attached hydrogens (tertiary/aromatic N) is 1. The number of unbranched alkanes of at least 4 members (excludes halogenated alkanes) is 1. The Hall–Kier alpha value is -3.78. The number of hydrogen-bond acceptors (Lipinski definition) is 5. The molecule has 41 heavy (non-hydrogen) atoms. The Bertz CT molecular complexity index is 1470. The molecular formula is C33H36FNO5S. The molecule has 1 amide bonds. The fourth-order valence-electron chi connectivity index (χ4n) is 5.35. The molecule has 4 rings (SSSR count). The van der Waals surface area contributed by atoms with Crippen LogP contribution in [0.4, 0.5) is 10.1 Å². The summed E-state index contributed by atoms with van der Waals surface area (Å²) in [5.74, 6) is -0.958. The number of sulfone groups is 1. The maximum absolute atomic E-state index is 13.6. The maximum Gasteiger partial charge on any atom is 0.303 e. The van der Waals surface area contributed by atoms with Crippen molar-refractivity contribution in [2.45, 2.75) is 51.2 Å². The van der Waals surface area contributed by atoms with Crippen LogP contribution in [0.3, 0.4) is 0 Å². The van der Waals surface area contributed by atoms with Crippen LogP contribution < -0.4 is 4.90 Å². The molecule has 3 atom stereocenters. The van der Waals surface area contributed by atoms with Crippen LogP contribution in [0.15, 0.2) is 79.4 Å². The van der Waals surface area contributed by atoms with Crippen molar-refractivity contribution in [2.24, 2.45) is 5.92 Å². The van der Waals surface area contributed by atoms with E-state index >= 15 is 0 Å². The van der Waals surface area contributed by atoms with Gasteiger partial charge in [-0.1, -0.05) is 61.2 Å². The zero-order valence-corrected chi connectivity index (χ0v) is 24.3. The van der Waals surface area contributed by atoms with E-state index in [0.717, 1.165) is 35.2 Å². The van der Waals surface area contributed by atoms with Crippen molar-refractivity contribution in [1.29, 1.82) is 0 Å². The molecule has 0 saturated carbocycles. The van der Waals surface area contributed by atoms with Gasteiger partial charge in [0.05, 0.1) is 12.0 Å². The van der Waals surface area contributed by atoms with E-state index in [1.54, 1.807) is 23.1 Å². The summed E-state index contributed by atoms with van der Waals surface area (Å²) < 4.78 is 41.8. The third kappa shape index (κ3) is 7.91. The smallest absolute Gasteiger partial charge is 0.303 e. The number of esters is 1. The minimum Gasteiger partial charge on any atom is -0.458 e. The number of rotatable bonds is 13. The van der Waals surface area contributed by atoms with Crippen molar-refractivity contribution in [1.82, 2.24) is 0 Å². The van der Waals surface area contributed by atoms with Gasteiger partial charge in [0.2, 0.25) is 5.91 Å². The van der Waals surface area contributed by atoms with Gasteiger partial charge in [0, 0.05) is 24.6 Å². The Labute approximate surface area is 241 Å². The van der Waals surface area contributed by atoms with Crippen molar-refractivity contribution in [3.63, 3.8) is 0 Å². The lowest BCUT2D eigenvalue weighted by atomic mass is 9.78. The SMILES string of the molecule is C=Cc1ccc([C@@H]2C(CC[C@H](OC(C)=O)c3ccc(F)cc3)C(=O)N2c2ccc(CCCCS(C)(=O)=O)cc2)cc1. The minimum absolute atomic E-state index is 0.00983. The molecule has 0 aliphatic carbocycles. The van der Waals surface area contributed by atoms with Gasteiger partial charge in [0.25, 0.3) is 0 Å². The van der Waals surface area contributed by atoms with E-state index < -0.39 is 21.9 Å². The molecule has 1 aliphatic heterocycles. The average Bonchev–Trinajstić information content (AvgIpc) is 2.94. The summed E-state index contributed by atoms with van der Waals surface area (Å²) in [4.78, 5) is 27.2. The maximum atomic E-state index is 13.6. The number of benzene rings is 3. The quantitative estimate of drug-likeness (QED) is 0.130. The number of hydrogen-bond donors (Lipinski definition) is 0. The predicted octanol–water partition coefficient (Wildman–Crippen LogP) is 6.62. The van der Waals surface area contributed by atoms with Crippen molar-refractivity contribution >= 4 is 33.5 Å². The third-order valence-corrected chi connectivity index (χ3v) is 8.49. The Kier molecular flexibility index (Phi) is 9.76. The van der Waals surface area contributed by atoms with Crippen molar-refractivity contribution in [2.75, 3.05) is 16.9 Å². The molecule has 0 radical (unpaired) electrons. The lowest BCUT2D eigenvalue weighted by molar-refractivity contribution is -0.147. The van der Waals surface area contributed by atoms with Crippen LogP contribution in [0.25, 0.3) is 6.08 Å². The van der Waals surface area contributed by atoms with Gasteiger partial charge in [-0.3, -0.25) is 9.59 Å². The molecule has 8 heteroatoms. The van der Waals surface area contributed by atoms with Gasteiger partial charge in [-0.15, -0.1) is 0 Å². The van der Waals surface area contributed by atoms with E-state index in [-0.39, 0.29) is 29.4 Å². The Morgan fingerprint density at radius 1 is 1.02 bits per heavy atom. The highest BCUT2D eigenvalue weighted by Gasteiger charge is 2.48. The summed E-state index contributed by atoms with van der Waals surface area (Å²) in [6.07, 6.45) is 5.49. The summed E-state index contributed by atoms with van der Waals surface area (Å²) in [5, 5.41) is 0. The highest BCUT2D eigenvalue weighted by molar-refractivity contribution is 7.90. The first-order valence-corrected chi connectivity index (χ1v) is 15.9. The lowest BCUT2D eigenvalue weighted by Crippen LogP contribution is -2.55. The van der Waals surface area contributed by atoms with Crippen LogP contribution in [0.2, 0.25) is 0 Å². The van der Waals surface area contributed by atoms with E-state index in [9.17, 15) is 22.4 Å². The summed E-state index contributed by atoms with van der Waals surface area (Å²) in [6.45, 7) is 5.16. The van der Waals surface area contributed by atoms with Crippen LogP contribution in [0.5, 0.6) is 0 Å². The number of aryl methyl sites for hydroxylation is 1. The molecule has 1 saturated heterocycles. The first-order valence-electron chi connectivity index (χ1n) is 13.8. The molecule has 6 nitrogen and oxygen atoms in total. The number of β-lactam (4-membered cyclic amide) rings is 1. The van der Waals surface area contributed by atoms with Crippen LogP contribution in [0, 0.1) is 11.7 Å². The van der Waals surface area contributed by atoms with Gasteiger partial charge >= 0.3 is 5.97 Å². The highest BCUT2D eigenvalue weighted by Crippen LogP contribution is 2.46. The molecule has 216 valence electrons. The second-order valence-corrected chi connectivity index (χ2v) is 12.9. The van der Waals surface area contributed by atoms with Gasteiger partial charge in [0.15, 0.2) is 0 Å². The standard InChI is InChI=1S/C33H36FNO5S/c1-4-24-8-12-27(13-9-24)32-30(20-21-31(40-23(2)36)26-14-16-28(34)17-15-26)33(37)35(32)29-18-10-25(11-19-29)7-5-6-22-41(3,38)39/h4,8-19,30-32H,1,5-7,20-22H2,2-3H3/t30?,31-,32+/m0/s1. The lowest BCUT2D eigenvalue weighted by Gasteiger charge is -2.48. The number of halogens is 1. The fourth-order valence-corrected chi connectivity index (χ4v) is 6.08. The number of carbonyl (C=O) groups is 2. The molecule has 1 fully saturated rings. The number of amides is 1. The van der Waals surface area contributed by atoms with Crippen molar-refractivity contribution in [3.8, 4) is 0 Å². The minimum atomic E-state index is -2.96. The van der Waals surface area contributed by atoms with Crippen molar-refractivity contribution in [3.05, 3.63) is 107 Å². The third-order valence-electron chi connectivity index (χ3n) is 7.46. The average molecular weight is 578 g/mol. The molecule has 1 aliphatic rings. The van der Waals surface area contributed by atoms with Gasteiger partial charge in [0.1, 0.15) is 21.8 Å². The summed E-state index contributed by atoms with van der Waals surface area (Å²) in [5.41, 5.74) is 4.54. The van der Waals surface area contributed by atoms with Crippen LogP contribution in [-0.4, -0.2) is 32.3 Å². The van der Waals surface area contributed by atoms with Crippen molar-refractivity contribution < 1.29 is 27.1 Å². The summed E-state index contributed by atoms with van der Waals surface area (Å²) in [6, 6.07) is 21.5. The molecule has 0 bridgehead atoms.